The van der Waals surface area contributed by atoms with Gasteiger partial charge in [0.25, 0.3) is 0 Å². The highest BCUT2D eigenvalue weighted by atomic mass is 16.3. The Bertz CT molecular complexity index is 466. The highest BCUT2D eigenvalue weighted by Crippen LogP contribution is 2.25. The molecule has 0 radical (unpaired) electrons. The molecule has 0 saturated heterocycles. The second-order valence-electron chi connectivity index (χ2n) is 4.01. The van der Waals surface area contributed by atoms with Gasteiger partial charge >= 0.3 is 0 Å². The van der Waals surface area contributed by atoms with Crippen LogP contribution in [0.1, 0.15) is 19.5 Å². The summed E-state index contributed by atoms with van der Waals surface area (Å²) in [6, 6.07) is 6.97. The zero-order valence-corrected chi connectivity index (χ0v) is 8.20. The van der Waals surface area contributed by atoms with Crippen LogP contribution < -0.4 is 0 Å². The van der Waals surface area contributed by atoms with E-state index >= 15 is 0 Å². The fourth-order valence-electron chi connectivity index (χ4n) is 1.44. The lowest BCUT2D eigenvalue weighted by Crippen LogP contribution is -2.15. The van der Waals surface area contributed by atoms with Crippen LogP contribution in [0.25, 0.3) is 10.9 Å². The predicted molar refractivity (Wildman–Crippen MR) is 55.2 cm³/mol. The maximum atomic E-state index is 9.77. The van der Waals surface area contributed by atoms with Crippen molar-refractivity contribution in [3.8, 4) is 5.75 Å². The van der Waals surface area contributed by atoms with E-state index in [4.69, 9.17) is 0 Å². The van der Waals surface area contributed by atoms with Gasteiger partial charge in [-0.15, -0.1) is 0 Å². The van der Waals surface area contributed by atoms with Crippen molar-refractivity contribution in [3.63, 3.8) is 0 Å². The van der Waals surface area contributed by atoms with Gasteiger partial charge in [-0.3, -0.25) is 0 Å². The fraction of sp³-hybridized carbons (Fsp3) is 0.273. The predicted octanol–water partition coefficient (Wildman–Crippen LogP) is 2.10. The number of hydrogen-bond donors (Lipinski definition) is 3. The van der Waals surface area contributed by atoms with Crippen LogP contribution in [-0.4, -0.2) is 15.2 Å². The first kappa shape index (κ1) is 9.09. The first-order valence-electron chi connectivity index (χ1n) is 4.51. The van der Waals surface area contributed by atoms with E-state index in [0.717, 1.165) is 16.6 Å². The average Bonchev–Trinajstić information content (AvgIpc) is 2.45. The van der Waals surface area contributed by atoms with Crippen molar-refractivity contribution < 1.29 is 10.2 Å². The lowest BCUT2D eigenvalue weighted by Gasteiger charge is -2.14. The second-order valence-corrected chi connectivity index (χ2v) is 4.01. The number of aromatic nitrogens is 1. The van der Waals surface area contributed by atoms with Crippen molar-refractivity contribution in [3.05, 3.63) is 30.0 Å². The van der Waals surface area contributed by atoms with E-state index < -0.39 is 5.60 Å². The molecular formula is C11H13NO2. The van der Waals surface area contributed by atoms with Crippen molar-refractivity contribution in [2.75, 3.05) is 0 Å². The highest BCUT2D eigenvalue weighted by Gasteiger charge is 2.18. The van der Waals surface area contributed by atoms with Gasteiger partial charge in [-0.05, 0) is 32.0 Å². The number of H-pyrrole nitrogens is 1. The molecule has 3 nitrogen and oxygen atoms in total. The van der Waals surface area contributed by atoms with Gasteiger partial charge in [0.15, 0.2) is 0 Å². The van der Waals surface area contributed by atoms with E-state index in [1.54, 1.807) is 26.0 Å². The van der Waals surface area contributed by atoms with Crippen LogP contribution in [0.5, 0.6) is 5.75 Å². The summed E-state index contributed by atoms with van der Waals surface area (Å²) in [5.41, 5.74) is 0.703. The van der Waals surface area contributed by atoms with Gasteiger partial charge in [0.05, 0.1) is 5.60 Å². The highest BCUT2D eigenvalue weighted by molar-refractivity contribution is 5.81. The van der Waals surface area contributed by atoms with Crippen LogP contribution in [-0.2, 0) is 5.60 Å². The van der Waals surface area contributed by atoms with E-state index in [0.29, 0.717) is 0 Å². The Morgan fingerprint density at radius 2 is 1.93 bits per heavy atom. The van der Waals surface area contributed by atoms with Gasteiger partial charge in [0, 0.05) is 22.7 Å². The number of phenolic OH excluding ortho intramolecular Hbond substituents is 1. The maximum Gasteiger partial charge on any atom is 0.117 e. The van der Waals surface area contributed by atoms with E-state index in [2.05, 4.69) is 4.98 Å². The van der Waals surface area contributed by atoms with E-state index in [9.17, 15) is 10.2 Å². The third-order valence-corrected chi connectivity index (χ3v) is 2.27. The second kappa shape index (κ2) is 2.75. The summed E-state index contributed by atoms with van der Waals surface area (Å²) in [6.45, 7) is 3.44. The Labute approximate surface area is 82.0 Å². The van der Waals surface area contributed by atoms with E-state index in [-0.39, 0.29) is 5.75 Å². The van der Waals surface area contributed by atoms with Gasteiger partial charge in [-0.25, -0.2) is 0 Å². The molecule has 0 saturated carbocycles. The van der Waals surface area contributed by atoms with Crippen molar-refractivity contribution >= 4 is 10.9 Å². The topological polar surface area (TPSA) is 56.2 Å². The molecule has 1 aromatic heterocycles. The fourth-order valence-corrected chi connectivity index (χ4v) is 1.44. The molecule has 0 aliphatic heterocycles. The lowest BCUT2D eigenvalue weighted by atomic mass is 10.1. The Hall–Kier alpha value is -1.48. The first-order valence-corrected chi connectivity index (χ1v) is 4.51. The Morgan fingerprint density at radius 3 is 2.57 bits per heavy atom. The molecule has 0 aliphatic carbocycles. The molecule has 74 valence electrons. The normalized spacial score (nSPS) is 12.2. The van der Waals surface area contributed by atoms with Crippen LogP contribution in [0.3, 0.4) is 0 Å². The number of rotatable bonds is 1. The van der Waals surface area contributed by atoms with Crippen LogP contribution >= 0.6 is 0 Å². The van der Waals surface area contributed by atoms with E-state index in [1.807, 2.05) is 12.1 Å². The SMILES string of the molecule is CC(C)(O)c1cc2ccc(O)cc2[nH]1. The lowest BCUT2D eigenvalue weighted by molar-refractivity contribution is 0.0747. The summed E-state index contributed by atoms with van der Waals surface area (Å²) >= 11 is 0. The maximum absolute atomic E-state index is 9.77. The minimum Gasteiger partial charge on any atom is -0.508 e. The number of hydrogen-bond acceptors (Lipinski definition) is 2. The molecule has 0 aliphatic rings. The Kier molecular flexibility index (Phi) is 1.79. The molecule has 0 spiro atoms. The monoisotopic (exact) mass is 191 g/mol. The van der Waals surface area contributed by atoms with Crippen LogP contribution in [0.2, 0.25) is 0 Å². The molecule has 2 rings (SSSR count). The van der Waals surface area contributed by atoms with Crippen LogP contribution in [0.4, 0.5) is 0 Å². The summed E-state index contributed by atoms with van der Waals surface area (Å²) in [4.78, 5) is 3.07. The number of aliphatic hydroxyl groups is 1. The molecule has 1 heterocycles. The number of nitrogens with one attached hydrogen (secondary N) is 1. The van der Waals surface area contributed by atoms with Crippen molar-refractivity contribution in [2.45, 2.75) is 19.4 Å². The summed E-state index contributed by atoms with van der Waals surface area (Å²) in [5.74, 6) is 0.224. The number of aromatic hydroxyl groups is 1. The largest absolute Gasteiger partial charge is 0.508 e. The molecular weight excluding hydrogens is 178 g/mol. The number of benzene rings is 1. The number of phenols is 1. The van der Waals surface area contributed by atoms with Crippen molar-refractivity contribution in [1.29, 1.82) is 0 Å². The quantitative estimate of drug-likeness (QED) is 0.646. The molecule has 3 N–H and O–H groups in total. The van der Waals surface area contributed by atoms with Gasteiger partial charge in [-0.2, -0.15) is 0 Å². The Morgan fingerprint density at radius 1 is 1.21 bits per heavy atom. The molecule has 0 atom stereocenters. The summed E-state index contributed by atoms with van der Waals surface area (Å²) in [6.07, 6.45) is 0. The zero-order valence-electron chi connectivity index (χ0n) is 8.20. The molecule has 1 aromatic carbocycles. The molecule has 0 unspecified atom stereocenters. The summed E-state index contributed by atoms with van der Waals surface area (Å²) < 4.78 is 0. The van der Waals surface area contributed by atoms with Gasteiger partial charge in [0.1, 0.15) is 5.75 Å². The standard InChI is InChI=1S/C11H13NO2/c1-11(2,14)10-5-7-3-4-8(13)6-9(7)12-10/h3-6,12-14H,1-2H3. The van der Waals surface area contributed by atoms with Crippen molar-refractivity contribution in [2.24, 2.45) is 0 Å². The zero-order chi connectivity index (χ0) is 10.3. The van der Waals surface area contributed by atoms with Crippen LogP contribution in [0.15, 0.2) is 24.3 Å². The molecule has 0 bridgehead atoms. The molecule has 0 fully saturated rings. The molecule has 3 heteroatoms. The smallest absolute Gasteiger partial charge is 0.117 e. The van der Waals surface area contributed by atoms with Crippen molar-refractivity contribution in [1.82, 2.24) is 4.98 Å². The first-order chi connectivity index (χ1) is 6.47. The minimum absolute atomic E-state index is 0.224. The van der Waals surface area contributed by atoms with E-state index in [1.165, 1.54) is 0 Å². The molecule has 0 amide bonds. The van der Waals surface area contributed by atoms with Gasteiger partial charge in [0.2, 0.25) is 0 Å². The molecule has 14 heavy (non-hydrogen) atoms. The van der Waals surface area contributed by atoms with Crippen LogP contribution in [0, 0.1) is 0 Å². The average molecular weight is 191 g/mol. The number of fused-ring (bicyclic) bond motifs is 1. The Balaban J connectivity index is 2.63. The van der Waals surface area contributed by atoms with Gasteiger partial charge < -0.3 is 15.2 Å². The number of aromatic amines is 1. The molecule has 2 aromatic rings. The summed E-state index contributed by atoms with van der Waals surface area (Å²) in [7, 11) is 0. The third-order valence-electron chi connectivity index (χ3n) is 2.27. The third kappa shape index (κ3) is 1.46. The minimum atomic E-state index is -0.880. The van der Waals surface area contributed by atoms with Gasteiger partial charge in [-0.1, -0.05) is 0 Å². The summed E-state index contributed by atoms with van der Waals surface area (Å²) in [5, 5.41) is 20.0.